The molecule has 0 fully saturated rings. The number of amides is 1. The second kappa shape index (κ2) is 6.75. The Morgan fingerprint density at radius 2 is 2.24 bits per heavy atom. The summed E-state index contributed by atoms with van der Waals surface area (Å²) in [5.41, 5.74) is 5.69. The van der Waals surface area contributed by atoms with E-state index in [-0.39, 0.29) is 18.4 Å². The SMILES string of the molecule is CCC(NCCOC(N)=O)c1ccccc1O. The van der Waals surface area contributed by atoms with E-state index in [2.05, 4.69) is 10.1 Å². The molecule has 1 atom stereocenters. The van der Waals surface area contributed by atoms with Crippen LogP contribution < -0.4 is 11.1 Å². The molecular formula is C12H18N2O3. The van der Waals surface area contributed by atoms with Crippen molar-refractivity contribution in [1.29, 1.82) is 0 Å². The highest BCUT2D eigenvalue weighted by Crippen LogP contribution is 2.25. The van der Waals surface area contributed by atoms with Gasteiger partial charge in [0.1, 0.15) is 12.4 Å². The number of para-hydroxylation sites is 1. The fourth-order valence-corrected chi connectivity index (χ4v) is 1.64. The lowest BCUT2D eigenvalue weighted by Crippen LogP contribution is -2.27. The molecule has 1 rings (SSSR count). The highest BCUT2D eigenvalue weighted by Gasteiger charge is 2.11. The number of ether oxygens (including phenoxy) is 1. The molecule has 5 nitrogen and oxygen atoms in total. The van der Waals surface area contributed by atoms with Crippen LogP contribution in [0.4, 0.5) is 4.79 Å². The number of benzene rings is 1. The van der Waals surface area contributed by atoms with E-state index in [4.69, 9.17) is 5.73 Å². The fourth-order valence-electron chi connectivity index (χ4n) is 1.64. The summed E-state index contributed by atoms with van der Waals surface area (Å²) in [4.78, 5) is 10.4. The van der Waals surface area contributed by atoms with Crippen molar-refractivity contribution in [1.82, 2.24) is 5.32 Å². The van der Waals surface area contributed by atoms with Gasteiger partial charge >= 0.3 is 6.09 Å². The van der Waals surface area contributed by atoms with Crippen LogP contribution in [0.25, 0.3) is 0 Å². The molecule has 1 unspecified atom stereocenters. The number of rotatable bonds is 6. The van der Waals surface area contributed by atoms with Crippen molar-refractivity contribution in [3.63, 3.8) is 0 Å². The molecule has 1 aromatic rings. The van der Waals surface area contributed by atoms with Crippen LogP contribution in [0.5, 0.6) is 5.75 Å². The minimum absolute atomic E-state index is 0.0349. The average molecular weight is 238 g/mol. The Balaban J connectivity index is 2.49. The molecule has 94 valence electrons. The third-order valence-electron chi connectivity index (χ3n) is 2.46. The van der Waals surface area contributed by atoms with Crippen LogP contribution in [0.1, 0.15) is 24.9 Å². The van der Waals surface area contributed by atoms with E-state index < -0.39 is 6.09 Å². The van der Waals surface area contributed by atoms with Gasteiger partial charge in [0.25, 0.3) is 0 Å². The van der Waals surface area contributed by atoms with Crippen LogP contribution in [-0.2, 0) is 4.74 Å². The molecule has 0 radical (unpaired) electrons. The van der Waals surface area contributed by atoms with Gasteiger partial charge in [0.15, 0.2) is 0 Å². The number of phenols is 1. The van der Waals surface area contributed by atoms with Crippen molar-refractivity contribution < 1.29 is 14.6 Å². The molecule has 17 heavy (non-hydrogen) atoms. The first-order chi connectivity index (χ1) is 8.15. The van der Waals surface area contributed by atoms with Gasteiger partial charge in [0.2, 0.25) is 0 Å². The van der Waals surface area contributed by atoms with Gasteiger partial charge in [-0.15, -0.1) is 0 Å². The zero-order chi connectivity index (χ0) is 12.7. The number of nitrogens with two attached hydrogens (primary N) is 1. The molecular weight excluding hydrogens is 220 g/mol. The van der Waals surface area contributed by atoms with E-state index in [9.17, 15) is 9.90 Å². The maximum Gasteiger partial charge on any atom is 0.404 e. The zero-order valence-corrected chi connectivity index (χ0v) is 9.85. The summed E-state index contributed by atoms with van der Waals surface area (Å²) < 4.78 is 4.62. The number of primary amides is 1. The topological polar surface area (TPSA) is 84.6 Å². The smallest absolute Gasteiger partial charge is 0.404 e. The number of carbonyl (C=O) groups is 1. The lowest BCUT2D eigenvalue weighted by atomic mass is 10.0. The summed E-state index contributed by atoms with van der Waals surface area (Å²) in [5.74, 6) is 0.266. The van der Waals surface area contributed by atoms with Crippen molar-refractivity contribution in [2.45, 2.75) is 19.4 Å². The predicted octanol–water partition coefficient (Wildman–Crippen LogP) is 1.53. The molecule has 1 amide bonds. The Morgan fingerprint density at radius 1 is 1.53 bits per heavy atom. The summed E-state index contributed by atoms with van der Waals surface area (Å²) >= 11 is 0. The van der Waals surface area contributed by atoms with Gasteiger partial charge in [-0.05, 0) is 12.5 Å². The van der Waals surface area contributed by atoms with Gasteiger partial charge in [0, 0.05) is 18.2 Å². The summed E-state index contributed by atoms with van der Waals surface area (Å²) in [6.07, 6.45) is 0.0520. The van der Waals surface area contributed by atoms with Crippen molar-refractivity contribution in [3.05, 3.63) is 29.8 Å². The van der Waals surface area contributed by atoms with Gasteiger partial charge in [0.05, 0.1) is 0 Å². The molecule has 0 saturated heterocycles. The molecule has 5 heteroatoms. The van der Waals surface area contributed by atoms with Crippen molar-refractivity contribution >= 4 is 6.09 Å². The van der Waals surface area contributed by atoms with Crippen LogP contribution in [0, 0.1) is 0 Å². The maximum absolute atomic E-state index is 10.4. The Hall–Kier alpha value is -1.75. The van der Waals surface area contributed by atoms with Crippen LogP contribution in [0.15, 0.2) is 24.3 Å². The zero-order valence-electron chi connectivity index (χ0n) is 9.85. The Kier molecular flexibility index (Phi) is 5.29. The molecule has 0 saturated carbocycles. The number of aromatic hydroxyl groups is 1. The first kappa shape index (κ1) is 13.3. The van der Waals surface area contributed by atoms with Gasteiger partial charge < -0.3 is 20.9 Å². The summed E-state index contributed by atoms with van der Waals surface area (Å²) in [5, 5.41) is 12.9. The van der Waals surface area contributed by atoms with Crippen LogP contribution in [-0.4, -0.2) is 24.4 Å². The number of hydrogen-bond donors (Lipinski definition) is 3. The van der Waals surface area contributed by atoms with E-state index in [1.54, 1.807) is 12.1 Å². The van der Waals surface area contributed by atoms with Crippen molar-refractivity contribution in [2.24, 2.45) is 5.73 Å². The fraction of sp³-hybridized carbons (Fsp3) is 0.417. The molecule has 0 aliphatic carbocycles. The molecule has 0 bridgehead atoms. The monoisotopic (exact) mass is 238 g/mol. The molecule has 0 heterocycles. The molecule has 1 aromatic carbocycles. The maximum atomic E-state index is 10.4. The van der Waals surface area contributed by atoms with E-state index in [0.29, 0.717) is 6.54 Å². The van der Waals surface area contributed by atoms with Gasteiger partial charge in [-0.25, -0.2) is 4.79 Å². The molecule has 0 aliphatic heterocycles. The summed E-state index contributed by atoms with van der Waals surface area (Å²) in [6, 6.07) is 7.21. The van der Waals surface area contributed by atoms with Crippen molar-refractivity contribution in [3.8, 4) is 5.75 Å². The third kappa shape index (κ3) is 4.32. The van der Waals surface area contributed by atoms with E-state index in [1.165, 1.54) is 0 Å². The molecule has 0 aromatic heterocycles. The molecule has 4 N–H and O–H groups in total. The lowest BCUT2D eigenvalue weighted by molar-refractivity contribution is 0.156. The average Bonchev–Trinajstić information content (AvgIpc) is 2.30. The van der Waals surface area contributed by atoms with Crippen LogP contribution >= 0.6 is 0 Å². The number of hydrogen-bond acceptors (Lipinski definition) is 4. The van der Waals surface area contributed by atoms with E-state index >= 15 is 0 Å². The normalized spacial score (nSPS) is 12.1. The Bertz CT molecular complexity index is 369. The third-order valence-corrected chi connectivity index (χ3v) is 2.46. The van der Waals surface area contributed by atoms with Gasteiger partial charge in [-0.1, -0.05) is 25.1 Å². The van der Waals surface area contributed by atoms with E-state index in [0.717, 1.165) is 12.0 Å². The lowest BCUT2D eigenvalue weighted by Gasteiger charge is -2.18. The van der Waals surface area contributed by atoms with Gasteiger partial charge in [-0.2, -0.15) is 0 Å². The highest BCUT2D eigenvalue weighted by molar-refractivity contribution is 5.64. The standard InChI is InChI=1S/C12H18N2O3/c1-2-10(14-7-8-17-12(13)16)9-5-3-4-6-11(9)15/h3-6,10,14-15H,2,7-8H2,1H3,(H2,13,16). The first-order valence-electron chi connectivity index (χ1n) is 5.58. The van der Waals surface area contributed by atoms with Crippen molar-refractivity contribution in [2.75, 3.05) is 13.2 Å². The minimum atomic E-state index is -0.776. The van der Waals surface area contributed by atoms with Crippen LogP contribution in [0.2, 0.25) is 0 Å². The van der Waals surface area contributed by atoms with E-state index in [1.807, 2.05) is 19.1 Å². The van der Waals surface area contributed by atoms with Crippen LogP contribution in [0.3, 0.4) is 0 Å². The minimum Gasteiger partial charge on any atom is -0.508 e. The largest absolute Gasteiger partial charge is 0.508 e. The Labute approximate surface area is 101 Å². The predicted molar refractivity (Wildman–Crippen MR) is 64.7 cm³/mol. The number of carbonyl (C=O) groups excluding carboxylic acids is 1. The molecule has 0 aliphatic rings. The highest BCUT2D eigenvalue weighted by atomic mass is 16.5. The summed E-state index contributed by atoms with van der Waals surface area (Å²) in [6.45, 7) is 2.73. The van der Waals surface area contributed by atoms with Gasteiger partial charge in [-0.3, -0.25) is 0 Å². The molecule has 0 spiro atoms. The number of phenolic OH excluding ortho intramolecular Hbond substituents is 1. The number of nitrogens with one attached hydrogen (secondary N) is 1. The second-order valence-corrected chi connectivity index (χ2v) is 3.64. The summed E-state index contributed by atoms with van der Waals surface area (Å²) in [7, 11) is 0. The first-order valence-corrected chi connectivity index (χ1v) is 5.58. The second-order valence-electron chi connectivity index (χ2n) is 3.64. The quantitative estimate of drug-likeness (QED) is 0.656. The Morgan fingerprint density at radius 3 is 2.82 bits per heavy atom.